The third kappa shape index (κ3) is 4.21. The number of nitrogens with zero attached hydrogens (tertiary/aromatic N) is 4. The Morgan fingerprint density at radius 3 is 2.85 bits per heavy atom. The molecule has 1 aromatic heterocycles. The van der Waals surface area contributed by atoms with Crippen LogP contribution >= 0.6 is 0 Å². The molecule has 2 bridgehead atoms. The zero-order valence-corrected chi connectivity index (χ0v) is 22.7. The molecule has 2 N–H and O–H groups in total. The van der Waals surface area contributed by atoms with Crippen molar-refractivity contribution >= 4 is 16.6 Å². The van der Waals surface area contributed by atoms with Gasteiger partial charge in [-0.25, -0.2) is 4.39 Å². The van der Waals surface area contributed by atoms with E-state index in [2.05, 4.69) is 21.2 Å². The van der Waals surface area contributed by atoms with Crippen molar-refractivity contribution in [2.24, 2.45) is 0 Å². The fourth-order valence-electron chi connectivity index (χ4n) is 7.96. The van der Waals surface area contributed by atoms with E-state index < -0.39 is 6.17 Å². The third-order valence-corrected chi connectivity index (χ3v) is 9.83. The van der Waals surface area contributed by atoms with E-state index in [1.807, 2.05) is 24.3 Å². The molecule has 2 aromatic carbocycles. The lowest BCUT2D eigenvalue weighted by molar-refractivity contribution is 0.0262. The predicted octanol–water partition coefficient (Wildman–Crippen LogP) is 4.05. The molecule has 0 spiro atoms. The number of halogens is 1. The van der Waals surface area contributed by atoms with Crippen LogP contribution in [-0.2, 0) is 17.8 Å². The second-order valence-corrected chi connectivity index (χ2v) is 12.4. The summed E-state index contributed by atoms with van der Waals surface area (Å²) in [5.41, 5.74) is 2.67. The largest absolute Gasteiger partial charge is 0.508 e. The number of hydrogen-bond acceptors (Lipinski definition) is 8. The van der Waals surface area contributed by atoms with Crippen LogP contribution in [0.2, 0.25) is 0 Å². The normalized spacial score (nSPS) is 31.5. The van der Waals surface area contributed by atoms with E-state index in [1.165, 1.54) is 12.8 Å². The maximum atomic E-state index is 14.4. The summed E-state index contributed by atoms with van der Waals surface area (Å²) in [7, 11) is 0. The standard InChI is InChI=1S/C31H36FN5O3/c32-20-13-31(8-3-9-37(31)14-20)18-40-30-34-27-12-28(25-11-23(38)10-19-4-1-2-5-24(19)25)39-17-26(27)29(35-30)36-15-21-6-7-22(16-36)33-21/h1-2,4-5,10-11,20-22,28,33,38H,3,6-9,12-18H2. The van der Waals surface area contributed by atoms with Crippen molar-refractivity contribution in [2.45, 2.75) is 75.0 Å². The van der Waals surface area contributed by atoms with Crippen LogP contribution in [0.25, 0.3) is 10.8 Å². The number of fused-ring (bicyclic) bond motifs is 5. The molecule has 40 heavy (non-hydrogen) atoms. The van der Waals surface area contributed by atoms with E-state index in [0.29, 0.717) is 50.7 Å². The lowest BCUT2D eigenvalue weighted by atomic mass is 9.94. The maximum absolute atomic E-state index is 14.4. The number of anilines is 1. The number of aromatic nitrogens is 2. The topological polar surface area (TPSA) is 83.0 Å². The quantitative estimate of drug-likeness (QED) is 0.497. The number of phenols is 1. The molecule has 5 unspecified atom stereocenters. The summed E-state index contributed by atoms with van der Waals surface area (Å²) >= 11 is 0. The van der Waals surface area contributed by atoms with Crippen molar-refractivity contribution in [1.82, 2.24) is 20.2 Å². The highest BCUT2D eigenvalue weighted by Crippen LogP contribution is 2.42. The summed E-state index contributed by atoms with van der Waals surface area (Å²) in [6, 6.07) is 13.0. The Hall–Kier alpha value is -3.01. The fraction of sp³-hybridized carbons (Fsp3) is 0.548. The van der Waals surface area contributed by atoms with Crippen molar-refractivity contribution in [3.63, 3.8) is 0 Å². The van der Waals surface area contributed by atoms with E-state index >= 15 is 0 Å². The number of nitrogens with one attached hydrogen (secondary N) is 1. The first-order valence-corrected chi connectivity index (χ1v) is 14.8. The van der Waals surface area contributed by atoms with Crippen LogP contribution in [0.5, 0.6) is 11.8 Å². The molecule has 0 saturated carbocycles. The average Bonchev–Trinajstić information content (AvgIpc) is 3.60. The highest BCUT2D eigenvalue weighted by molar-refractivity contribution is 5.87. The minimum absolute atomic E-state index is 0.231. The first-order valence-electron chi connectivity index (χ1n) is 14.8. The van der Waals surface area contributed by atoms with Gasteiger partial charge in [-0.05, 0) is 60.7 Å². The van der Waals surface area contributed by atoms with E-state index in [0.717, 1.165) is 65.9 Å². The highest BCUT2D eigenvalue weighted by Gasteiger charge is 2.49. The number of hydrogen-bond donors (Lipinski definition) is 2. The van der Waals surface area contributed by atoms with Crippen molar-refractivity contribution in [2.75, 3.05) is 37.7 Å². The molecule has 8 rings (SSSR count). The average molecular weight is 546 g/mol. The summed E-state index contributed by atoms with van der Waals surface area (Å²) < 4.78 is 27.3. The SMILES string of the molecule is Oc1cc(C2Cc3nc(OCC45CCCN4CC(F)C5)nc(N4CC5CCC(C4)N5)c3CO2)c2ccccc2c1. The molecule has 0 amide bonds. The monoisotopic (exact) mass is 545 g/mol. The van der Waals surface area contributed by atoms with Crippen LogP contribution in [0.4, 0.5) is 10.2 Å². The lowest BCUT2D eigenvalue weighted by Gasteiger charge is -2.37. The summed E-state index contributed by atoms with van der Waals surface area (Å²) in [5, 5.41) is 16.2. The highest BCUT2D eigenvalue weighted by atomic mass is 19.1. The Morgan fingerprint density at radius 2 is 1.98 bits per heavy atom. The van der Waals surface area contributed by atoms with Crippen molar-refractivity contribution in [1.29, 1.82) is 0 Å². The molecule has 5 aliphatic rings. The van der Waals surface area contributed by atoms with Gasteiger partial charge < -0.3 is 24.8 Å². The van der Waals surface area contributed by atoms with E-state index in [-0.39, 0.29) is 17.4 Å². The zero-order chi connectivity index (χ0) is 26.8. The molecule has 9 heteroatoms. The Bertz CT molecular complexity index is 1440. The molecule has 0 aliphatic carbocycles. The molecule has 5 aliphatic heterocycles. The number of ether oxygens (including phenoxy) is 2. The zero-order valence-electron chi connectivity index (χ0n) is 22.7. The third-order valence-electron chi connectivity index (χ3n) is 9.83. The van der Waals surface area contributed by atoms with E-state index in [9.17, 15) is 9.50 Å². The van der Waals surface area contributed by atoms with Gasteiger partial charge in [-0.15, -0.1) is 0 Å². The van der Waals surface area contributed by atoms with Gasteiger partial charge >= 0.3 is 6.01 Å². The van der Waals surface area contributed by atoms with Crippen LogP contribution in [0.15, 0.2) is 36.4 Å². The van der Waals surface area contributed by atoms with Gasteiger partial charge in [-0.1, -0.05) is 24.3 Å². The van der Waals surface area contributed by atoms with Gasteiger partial charge in [0.25, 0.3) is 0 Å². The van der Waals surface area contributed by atoms with E-state index in [4.69, 9.17) is 19.4 Å². The molecular formula is C31H36FN5O3. The number of alkyl halides is 1. The van der Waals surface area contributed by atoms with Crippen molar-refractivity contribution in [3.05, 3.63) is 53.2 Å². The first kappa shape index (κ1) is 24.8. The van der Waals surface area contributed by atoms with E-state index in [1.54, 1.807) is 6.07 Å². The van der Waals surface area contributed by atoms with Gasteiger partial charge in [-0.2, -0.15) is 9.97 Å². The summed E-state index contributed by atoms with van der Waals surface area (Å²) in [6.07, 6.45) is 4.44. The molecule has 5 atom stereocenters. The molecule has 4 saturated heterocycles. The minimum Gasteiger partial charge on any atom is -0.508 e. The number of rotatable bonds is 5. The minimum atomic E-state index is -0.796. The van der Waals surface area contributed by atoms with Gasteiger partial charge in [-0.3, -0.25) is 4.90 Å². The Kier molecular flexibility index (Phi) is 5.90. The first-order chi connectivity index (χ1) is 19.5. The second kappa shape index (κ2) is 9.53. The molecular weight excluding hydrogens is 509 g/mol. The number of piperazine rings is 1. The molecule has 3 aromatic rings. The van der Waals surface area contributed by atoms with Crippen LogP contribution in [-0.4, -0.2) is 76.6 Å². The Morgan fingerprint density at radius 1 is 1.12 bits per heavy atom. The van der Waals surface area contributed by atoms with Gasteiger partial charge in [0.2, 0.25) is 0 Å². The fourth-order valence-corrected chi connectivity index (χ4v) is 7.96. The van der Waals surface area contributed by atoms with Crippen LogP contribution in [0.1, 0.15) is 55.0 Å². The van der Waals surface area contributed by atoms with Crippen molar-refractivity contribution in [3.8, 4) is 11.8 Å². The molecule has 8 nitrogen and oxygen atoms in total. The summed E-state index contributed by atoms with van der Waals surface area (Å²) in [6.45, 7) is 4.05. The van der Waals surface area contributed by atoms with Gasteiger partial charge in [0.05, 0.1) is 23.9 Å². The Labute approximate surface area is 233 Å². The smallest absolute Gasteiger partial charge is 0.318 e. The van der Waals surface area contributed by atoms with Crippen LogP contribution in [0.3, 0.4) is 0 Å². The number of benzene rings is 2. The number of phenolic OH excluding ortho intramolecular Hbond substituents is 1. The van der Waals surface area contributed by atoms with Gasteiger partial charge in [0.1, 0.15) is 24.3 Å². The molecule has 6 heterocycles. The number of aromatic hydroxyl groups is 1. The van der Waals surface area contributed by atoms with Gasteiger partial charge in [0.15, 0.2) is 0 Å². The van der Waals surface area contributed by atoms with Crippen molar-refractivity contribution < 1.29 is 19.0 Å². The molecule has 0 radical (unpaired) electrons. The van der Waals surface area contributed by atoms with Gasteiger partial charge in [0, 0.05) is 50.1 Å². The maximum Gasteiger partial charge on any atom is 0.318 e. The lowest BCUT2D eigenvalue weighted by Crippen LogP contribution is -2.52. The molecule has 210 valence electrons. The summed E-state index contributed by atoms with van der Waals surface area (Å²) in [4.78, 5) is 14.6. The second-order valence-electron chi connectivity index (χ2n) is 12.4. The molecule has 4 fully saturated rings. The predicted molar refractivity (Wildman–Crippen MR) is 150 cm³/mol. The van der Waals surface area contributed by atoms with Crippen LogP contribution < -0.4 is 15.0 Å². The summed E-state index contributed by atoms with van der Waals surface area (Å²) in [5.74, 6) is 1.14. The van der Waals surface area contributed by atoms with Crippen LogP contribution in [0, 0.1) is 0 Å². The Balaban J connectivity index is 1.14.